The number of fused-ring (bicyclic) bond motifs is 1. The van der Waals surface area contributed by atoms with Crippen LogP contribution in [0, 0.1) is 5.82 Å². The van der Waals surface area contributed by atoms with Gasteiger partial charge in [0.2, 0.25) is 5.91 Å². The van der Waals surface area contributed by atoms with Crippen molar-refractivity contribution in [2.75, 3.05) is 31.3 Å². The Hall–Kier alpha value is -2.36. The molecule has 0 aliphatic carbocycles. The topological polar surface area (TPSA) is 54.3 Å². The van der Waals surface area contributed by atoms with Crippen LogP contribution in [0.1, 0.15) is 32.1 Å². The summed E-state index contributed by atoms with van der Waals surface area (Å²) in [7, 11) is 3.95. The Balaban J connectivity index is 1.60. The van der Waals surface area contributed by atoms with Crippen molar-refractivity contribution >= 4 is 35.1 Å². The van der Waals surface area contributed by atoms with Crippen LogP contribution in [0.2, 0.25) is 0 Å². The molecular weight excluding hydrogens is 457 g/mol. The van der Waals surface area contributed by atoms with Gasteiger partial charge in [-0.25, -0.2) is 4.39 Å². The van der Waals surface area contributed by atoms with Crippen molar-refractivity contribution in [1.82, 2.24) is 19.7 Å². The second kappa shape index (κ2) is 10.3. The fourth-order valence-electron chi connectivity index (χ4n) is 3.66. The Kier molecular flexibility index (Phi) is 7.41. The van der Waals surface area contributed by atoms with E-state index in [2.05, 4.69) is 23.2 Å². The largest absolute Gasteiger partial charge is 0.311 e. The number of para-hydroxylation sites is 1. The van der Waals surface area contributed by atoms with E-state index in [4.69, 9.17) is 0 Å². The van der Waals surface area contributed by atoms with Crippen LogP contribution in [-0.4, -0.2) is 57.2 Å². The highest BCUT2D eigenvalue weighted by molar-refractivity contribution is 8.00. The molecule has 3 aromatic rings. The summed E-state index contributed by atoms with van der Waals surface area (Å²) in [6.07, 6.45) is 0.937. The molecule has 33 heavy (non-hydrogen) atoms. The molecule has 0 bridgehead atoms. The number of amides is 1. The van der Waals surface area contributed by atoms with E-state index in [1.165, 1.54) is 23.9 Å². The molecule has 1 aliphatic rings. The first-order chi connectivity index (χ1) is 15.8. The average Bonchev–Trinajstić information content (AvgIpc) is 3.14. The first-order valence-corrected chi connectivity index (χ1v) is 12.8. The SMILES string of the molecule is CC1CCN(C(=O)CSc2nnc(C(C)N(C)C)n2-c2ccc(F)cc2)c2ccccc2S1. The number of halogens is 1. The highest BCUT2D eigenvalue weighted by Crippen LogP contribution is 2.37. The summed E-state index contributed by atoms with van der Waals surface area (Å²) in [5.41, 5.74) is 1.74. The molecule has 1 aromatic heterocycles. The summed E-state index contributed by atoms with van der Waals surface area (Å²) < 4.78 is 15.5. The summed E-state index contributed by atoms with van der Waals surface area (Å²) >= 11 is 3.18. The van der Waals surface area contributed by atoms with Crippen molar-refractivity contribution in [3.63, 3.8) is 0 Å². The number of rotatable bonds is 6. The maximum atomic E-state index is 13.6. The van der Waals surface area contributed by atoms with Gasteiger partial charge >= 0.3 is 0 Å². The van der Waals surface area contributed by atoms with E-state index in [1.54, 1.807) is 12.1 Å². The zero-order valence-electron chi connectivity index (χ0n) is 19.2. The quantitative estimate of drug-likeness (QED) is 0.456. The molecule has 0 N–H and O–H groups in total. The minimum Gasteiger partial charge on any atom is -0.311 e. The average molecular weight is 486 g/mol. The Bertz CT molecular complexity index is 1120. The van der Waals surface area contributed by atoms with E-state index < -0.39 is 0 Å². The van der Waals surface area contributed by atoms with Crippen LogP contribution in [-0.2, 0) is 4.79 Å². The number of anilines is 1. The Morgan fingerprint density at radius 3 is 2.67 bits per heavy atom. The third kappa shape index (κ3) is 5.26. The van der Waals surface area contributed by atoms with Gasteiger partial charge in [0, 0.05) is 22.4 Å². The van der Waals surface area contributed by atoms with Gasteiger partial charge in [-0.3, -0.25) is 14.3 Å². The van der Waals surface area contributed by atoms with E-state index in [9.17, 15) is 9.18 Å². The van der Waals surface area contributed by atoms with E-state index in [1.807, 2.05) is 65.3 Å². The second-order valence-corrected chi connectivity index (χ2v) is 10.7. The fourth-order valence-corrected chi connectivity index (χ4v) is 5.61. The first kappa shape index (κ1) is 23.8. The molecule has 1 aliphatic heterocycles. The molecule has 4 rings (SSSR count). The normalized spacial score (nSPS) is 17.0. The minimum atomic E-state index is -0.301. The van der Waals surface area contributed by atoms with Gasteiger partial charge in [-0.05, 0) is 63.8 Å². The molecule has 2 atom stereocenters. The number of benzene rings is 2. The molecule has 0 radical (unpaired) electrons. The Morgan fingerprint density at radius 2 is 1.94 bits per heavy atom. The highest BCUT2D eigenvalue weighted by atomic mass is 32.2. The van der Waals surface area contributed by atoms with Crippen LogP contribution in [0.3, 0.4) is 0 Å². The van der Waals surface area contributed by atoms with Crippen LogP contribution in [0.5, 0.6) is 0 Å². The van der Waals surface area contributed by atoms with Gasteiger partial charge in [0.25, 0.3) is 0 Å². The van der Waals surface area contributed by atoms with Crippen molar-refractivity contribution in [2.24, 2.45) is 0 Å². The van der Waals surface area contributed by atoms with Crippen LogP contribution in [0.15, 0.2) is 58.6 Å². The molecule has 0 saturated carbocycles. The monoisotopic (exact) mass is 485 g/mol. The zero-order valence-corrected chi connectivity index (χ0v) is 20.9. The first-order valence-electron chi connectivity index (χ1n) is 10.9. The maximum absolute atomic E-state index is 13.6. The maximum Gasteiger partial charge on any atom is 0.237 e. The van der Waals surface area contributed by atoms with Crippen LogP contribution >= 0.6 is 23.5 Å². The van der Waals surface area contributed by atoms with Crippen molar-refractivity contribution in [2.45, 2.75) is 41.6 Å². The van der Waals surface area contributed by atoms with Crippen LogP contribution < -0.4 is 4.90 Å². The van der Waals surface area contributed by atoms with E-state index >= 15 is 0 Å². The molecule has 9 heteroatoms. The highest BCUT2D eigenvalue weighted by Gasteiger charge is 2.26. The number of carbonyl (C=O) groups is 1. The molecule has 0 spiro atoms. The molecule has 2 unspecified atom stereocenters. The van der Waals surface area contributed by atoms with Gasteiger partial charge in [-0.2, -0.15) is 0 Å². The molecule has 0 fully saturated rings. The van der Waals surface area contributed by atoms with Gasteiger partial charge in [0.1, 0.15) is 5.82 Å². The molecule has 6 nitrogen and oxygen atoms in total. The van der Waals surface area contributed by atoms with Crippen molar-refractivity contribution in [1.29, 1.82) is 0 Å². The van der Waals surface area contributed by atoms with Crippen molar-refractivity contribution in [3.8, 4) is 5.69 Å². The smallest absolute Gasteiger partial charge is 0.237 e. The predicted molar refractivity (Wildman–Crippen MR) is 133 cm³/mol. The summed E-state index contributed by atoms with van der Waals surface area (Å²) in [5, 5.41) is 9.87. The Morgan fingerprint density at radius 1 is 1.21 bits per heavy atom. The standard InChI is InChI=1S/C24H28FN5OS2/c1-16-13-14-29(20-7-5-6-8-21(20)33-16)22(31)15-32-24-27-26-23(17(2)28(3)4)30(24)19-11-9-18(25)10-12-19/h5-12,16-17H,13-15H2,1-4H3. The minimum absolute atomic E-state index is 0.0106. The number of carbonyl (C=O) groups excluding carboxylic acids is 1. The van der Waals surface area contributed by atoms with Crippen LogP contribution in [0.4, 0.5) is 10.1 Å². The number of aromatic nitrogens is 3. The number of hydrogen-bond acceptors (Lipinski definition) is 6. The summed E-state index contributed by atoms with van der Waals surface area (Å²) in [6.45, 7) is 4.93. The number of thioether (sulfide) groups is 2. The van der Waals surface area contributed by atoms with Gasteiger partial charge in [-0.15, -0.1) is 22.0 Å². The third-order valence-electron chi connectivity index (χ3n) is 5.76. The summed E-state index contributed by atoms with van der Waals surface area (Å²) in [5.74, 6) is 0.721. The second-order valence-electron chi connectivity index (χ2n) is 8.31. The molecule has 2 aromatic carbocycles. The fraction of sp³-hybridized carbons (Fsp3) is 0.375. The van der Waals surface area contributed by atoms with E-state index in [-0.39, 0.29) is 23.5 Å². The predicted octanol–water partition coefficient (Wildman–Crippen LogP) is 5.04. The lowest BCUT2D eigenvalue weighted by Crippen LogP contribution is -2.33. The van der Waals surface area contributed by atoms with Gasteiger partial charge in [0.15, 0.2) is 11.0 Å². The zero-order chi connectivity index (χ0) is 23.5. The molecular formula is C24H28FN5OS2. The Labute approximate surface area is 202 Å². The summed E-state index contributed by atoms with van der Waals surface area (Å²) in [6, 6.07) is 14.3. The van der Waals surface area contributed by atoms with Gasteiger partial charge < -0.3 is 4.90 Å². The molecule has 2 heterocycles. The molecule has 174 valence electrons. The van der Waals surface area contributed by atoms with Crippen molar-refractivity contribution in [3.05, 3.63) is 60.2 Å². The lowest BCUT2D eigenvalue weighted by Gasteiger charge is -2.23. The molecule has 0 saturated heterocycles. The van der Waals surface area contributed by atoms with Crippen LogP contribution in [0.25, 0.3) is 5.69 Å². The number of nitrogens with zero attached hydrogens (tertiary/aromatic N) is 5. The van der Waals surface area contributed by atoms with Crippen molar-refractivity contribution < 1.29 is 9.18 Å². The number of hydrogen-bond donors (Lipinski definition) is 0. The van der Waals surface area contributed by atoms with E-state index in [0.717, 1.165) is 28.5 Å². The third-order valence-corrected chi connectivity index (χ3v) is 7.91. The van der Waals surface area contributed by atoms with E-state index in [0.29, 0.717) is 17.0 Å². The molecule has 1 amide bonds. The van der Waals surface area contributed by atoms with Gasteiger partial charge in [0.05, 0.1) is 17.5 Å². The lowest BCUT2D eigenvalue weighted by atomic mass is 10.2. The summed E-state index contributed by atoms with van der Waals surface area (Å²) in [4.78, 5) is 18.4. The lowest BCUT2D eigenvalue weighted by molar-refractivity contribution is -0.116. The van der Waals surface area contributed by atoms with Gasteiger partial charge in [-0.1, -0.05) is 30.8 Å².